The van der Waals surface area contributed by atoms with Crippen LogP contribution in [0.4, 0.5) is 0 Å². The molecular weight excluding hydrogens is 216 g/mol. The SMILES string of the molecule is N#CC(NCc1ccco1)c1cccc(O)c1. The van der Waals surface area contributed by atoms with E-state index in [9.17, 15) is 5.11 Å². The lowest BCUT2D eigenvalue weighted by atomic mass is 10.1. The van der Waals surface area contributed by atoms with Crippen molar-refractivity contribution in [3.8, 4) is 11.8 Å². The maximum atomic E-state index is 9.35. The largest absolute Gasteiger partial charge is 0.508 e. The van der Waals surface area contributed by atoms with Gasteiger partial charge in [-0.3, -0.25) is 5.32 Å². The predicted octanol–water partition coefficient (Wildman–Crippen LogP) is 2.34. The molecule has 2 aromatic rings. The number of nitrogens with one attached hydrogen (secondary N) is 1. The van der Waals surface area contributed by atoms with E-state index in [2.05, 4.69) is 11.4 Å². The van der Waals surface area contributed by atoms with Gasteiger partial charge in [-0.2, -0.15) is 5.26 Å². The van der Waals surface area contributed by atoms with Crippen molar-refractivity contribution in [2.24, 2.45) is 0 Å². The fraction of sp³-hybridized carbons (Fsp3) is 0.154. The highest BCUT2D eigenvalue weighted by Gasteiger charge is 2.10. The molecule has 0 aliphatic heterocycles. The summed E-state index contributed by atoms with van der Waals surface area (Å²) in [4.78, 5) is 0. The van der Waals surface area contributed by atoms with Crippen LogP contribution in [0.15, 0.2) is 47.1 Å². The van der Waals surface area contributed by atoms with E-state index in [0.717, 1.165) is 11.3 Å². The van der Waals surface area contributed by atoms with Gasteiger partial charge in [-0.25, -0.2) is 0 Å². The van der Waals surface area contributed by atoms with Gasteiger partial charge in [0, 0.05) is 0 Å². The summed E-state index contributed by atoms with van der Waals surface area (Å²) in [6, 6.07) is 12.0. The summed E-state index contributed by atoms with van der Waals surface area (Å²) in [6.45, 7) is 0.473. The lowest BCUT2D eigenvalue weighted by Crippen LogP contribution is -2.19. The van der Waals surface area contributed by atoms with E-state index in [1.807, 2.05) is 6.07 Å². The van der Waals surface area contributed by atoms with Gasteiger partial charge in [0.15, 0.2) is 0 Å². The van der Waals surface area contributed by atoms with Crippen LogP contribution < -0.4 is 5.32 Å². The number of phenols is 1. The number of phenolic OH excluding ortho intramolecular Hbond substituents is 1. The number of benzene rings is 1. The summed E-state index contributed by atoms with van der Waals surface area (Å²) in [6.07, 6.45) is 1.59. The molecule has 2 rings (SSSR count). The quantitative estimate of drug-likeness (QED) is 0.842. The molecule has 1 aromatic heterocycles. The van der Waals surface area contributed by atoms with Crippen LogP contribution in [0, 0.1) is 11.3 Å². The first-order valence-corrected chi connectivity index (χ1v) is 5.24. The van der Waals surface area contributed by atoms with Crippen molar-refractivity contribution in [2.45, 2.75) is 12.6 Å². The fourth-order valence-electron chi connectivity index (χ4n) is 1.56. The van der Waals surface area contributed by atoms with E-state index in [0.29, 0.717) is 6.54 Å². The zero-order valence-electron chi connectivity index (χ0n) is 9.13. The molecule has 0 aliphatic rings. The van der Waals surface area contributed by atoms with Crippen LogP contribution in [0.5, 0.6) is 5.75 Å². The molecule has 0 aliphatic carbocycles. The van der Waals surface area contributed by atoms with Gasteiger partial charge in [-0.1, -0.05) is 12.1 Å². The van der Waals surface area contributed by atoms with Crippen LogP contribution in [-0.4, -0.2) is 5.11 Å². The van der Waals surface area contributed by atoms with E-state index in [-0.39, 0.29) is 5.75 Å². The summed E-state index contributed by atoms with van der Waals surface area (Å²) in [5, 5.41) is 21.5. The topological polar surface area (TPSA) is 69.2 Å². The van der Waals surface area contributed by atoms with E-state index >= 15 is 0 Å². The third-order valence-electron chi connectivity index (χ3n) is 2.39. The number of furan rings is 1. The first kappa shape index (κ1) is 11.2. The minimum Gasteiger partial charge on any atom is -0.508 e. The molecule has 0 spiro atoms. The molecule has 17 heavy (non-hydrogen) atoms. The zero-order chi connectivity index (χ0) is 12.1. The Morgan fingerprint density at radius 1 is 1.35 bits per heavy atom. The van der Waals surface area contributed by atoms with Gasteiger partial charge >= 0.3 is 0 Å². The zero-order valence-corrected chi connectivity index (χ0v) is 9.13. The van der Waals surface area contributed by atoms with Crippen molar-refractivity contribution in [2.75, 3.05) is 0 Å². The second-order valence-electron chi connectivity index (χ2n) is 3.62. The van der Waals surface area contributed by atoms with Crippen molar-refractivity contribution < 1.29 is 9.52 Å². The first-order valence-electron chi connectivity index (χ1n) is 5.24. The lowest BCUT2D eigenvalue weighted by Gasteiger charge is -2.10. The highest BCUT2D eigenvalue weighted by molar-refractivity contribution is 5.32. The molecule has 0 fully saturated rings. The third-order valence-corrected chi connectivity index (χ3v) is 2.39. The minimum atomic E-state index is -0.466. The number of nitrogens with zero attached hydrogens (tertiary/aromatic N) is 1. The van der Waals surface area contributed by atoms with Gasteiger partial charge in [0.25, 0.3) is 0 Å². The number of hydrogen-bond acceptors (Lipinski definition) is 4. The minimum absolute atomic E-state index is 0.155. The van der Waals surface area contributed by atoms with Crippen LogP contribution in [-0.2, 0) is 6.54 Å². The summed E-state index contributed by atoms with van der Waals surface area (Å²) >= 11 is 0. The van der Waals surface area contributed by atoms with Gasteiger partial charge in [0.05, 0.1) is 18.9 Å². The molecule has 1 atom stereocenters. The molecular formula is C13H12N2O2. The van der Waals surface area contributed by atoms with Crippen molar-refractivity contribution in [3.63, 3.8) is 0 Å². The molecule has 4 nitrogen and oxygen atoms in total. The summed E-state index contributed by atoms with van der Waals surface area (Å²) < 4.78 is 5.17. The molecule has 4 heteroatoms. The van der Waals surface area contributed by atoms with Gasteiger partial charge in [0.2, 0.25) is 0 Å². The predicted molar refractivity (Wildman–Crippen MR) is 62.0 cm³/mol. The average Bonchev–Trinajstić information content (AvgIpc) is 2.83. The number of hydrogen-bond donors (Lipinski definition) is 2. The van der Waals surface area contributed by atoms with Crippen LogP contribution in [0.1, 0.15) is 17.4 Å². The van der Waals surface area contributed by atoms with Gasteiger partial charge in [-0.15, -0.1) is 0 Å². The highest BCUT2D eigenvalue weighted by Crippen LogP contribution is 2.18. The second-order valence-corrected chi connectivity index (χ2v) is 3.62. The maximum absolute atomic E-state index is 9.35. The molecule has 2 N–H and O–H groups in total. The number of aromatic hydroxyl groups is 1. The van der Waals surface area contributed by atoms with Gasteiger partial charge in [-0.05, 0) is 29.8 Å². The van der Waals surface area contributed by atoms with Crippen molar-refractivity contribution in [3.05, 3.63) is 54.0 Å². The van der Waals surface area contributed by atoms with Crippen molar-refractivity contribution in [1.29, 1.82) is 5.26 Å². The molecule has 0 bridgehead atoms. The molecule has 0 saturated heterocycles. The van der Waals surface area contributed by atoms with Crippen LogP contribution in [0.25, 0.3) is 0 Å². The maximum Gasteiger partial charge on any atom is 0.121 e. The Labute approximate surface area is 99.1 Å². The van der Waals surface area contributed by atoms with Gasteiger partial charge < -0.3 is 9.52 Å². The second kappa shape index (κ2) is 5.19. The van der Waals surface area contributed by atoms with E-state index in [1.54, 1.807) is 36.6 Å². The van der Waals surface area contributed by atoms with E-state index in [1.165, 1.54) is 0 Å². The summed E-state index contributed by atoms with van der Waals surface area (Å²) in [7, 11) is 0. The Morgan fingerprint density at radius 3 is 2.88 bits per heavy atom. The average molecular weight is 228 g/mol. The molecule has 86 valence electrons. The first-order chi connectivity index (χ1) is 8.29. The lowest BCUT2D eigenvalue weighted by molar-refractivity contribution is 0.466. The van der Waals surface area contributed by atoms with Gasteiger partial charge in [0.1, 0.15) is 17.6 Å². The Bertz CT molecular complexity index is 514. The monoisotopic (exact) mass is 228 g/mol. The molecule has 0 radical (unpaired) electrons. The van der Waals surface area contributed by atoms with E-state index < -0.39 is 6.04 Å². The van der Waals surface area contributed by atoms with Crippen LogP contribution >= 0.6 is 0 Å². The number of rotatable bonds is 4. The highest BCUT2D eigenvalue weighted by atomic mass is 16.3. The Morgan fingerprint density at radius 2 is 2.24 bits per heavy atom. The Hall–Kier alpha value is -2.25. The molecule has 0 saturated carbocycles. The summed E-state index contributed by atoms with van der Waals surface area (Å²) in [5.74, 6) is 0.924. The normalized spacial score (nSPS) is 11.9. The van der Waals surface area contributed by atoms with Crippen LogP contribution in [0.2, 0.25) is 0 Å². The van der Waals surface area contributed by atoms with Crippen molar-refractivity contribution in [1.82, 2.24) is 5.32 Å². The Kier molecular flexibility index (Phi) is 3.43. The molecule has 1 aromatic carbocycles. The molecule has 0 amide bonds. The smallest absolute Gasteiger partial charge is 0.121 e. The third kappa shape index (κ3) is 2.86. The standard InChI is InChI=1S/C13H12N2O2/c14-8-13(10-3-1-4-11(16)7-10)15-9-12-5-2-6-17-12/h1-7,13,15-16H,9H2. The molecule has 1 unspecified atom stereocenters. The van der Waals surface area contributed by atoms with Crippen molar-refractivity contribution >= 4 is 0 Å². The number of nitriles is 1. The fourth-order valence-corrected chi connectivity index (χ4v) is 1.56. The van der Waals surface area contributed by atoms with Crippen LogP contribution in [0.3, 0.4) is 0 Å². The van der Waals surface area contributed by atoms with E-state index in [4.69, 9.17) is 9.68 Å². The summed E-state index contributed by atoms with van der Waals surface area (Å²) in [5.41, 5.74) is 0.735. The Balaban J connectivity index is 2.05. The molecule has 1 heterocycles.